The molecule has 0 bridgehead atoms. The fraction of sp³-hybridized carbons (Fsp3) is 0.632. The largest absolute Gasteiger partial charge is 0.491 e. The summed E-state index contributed by atoms with van der Waals surface area (Å²) in [6.07, 6.45) is 9.84. The highest BCUT2D eigenvalue weighted by molar-refractivity contribution is 5.81. The van der Waals surface area contributed by atoms with Gasteiger partial charge in [-0.1, -0.05) is 77.1 Å². The Bertz CT molecular complexity index is 1170. The van der Waals surface area contributed by atoms with Gasteiger partial charge in [0.15, 0.2) is 0 Å². The van der Waals surface area contributed by atoms with Crippen molar-refractivity contribution >= 4 is 12.0 Å². The highest BCUT2D eigenvalue weighted by atomic mass is 16.6. The minimum absolute atomic E-state index is 0.0805. The third-order valence-electron chi connectivity index (χ3n) is 9.73. The summed E-state index contributed by atoms with van der Waals surface area (Å²) < 4.78 is 16.8. The van der Waals surface area contributed by atoms with Crippen LogP contribution in [0.1, 0.15) is 104 Å². The molecule has 2 fully saturated rings. The van der Waals surface area contributed by atoms with E-state index in [1.54, 1.807) is 0 Å². The zero-order valence-electron chi connectivity index (χ0n) is 28.2. The summed E-state index contributed by atoms with van der Waals surface area (Å²) in [5.74, 6) is 2.47. The second-order valence-electron chi connectivity index (χ2n) is 14.7. The Hall–Kier alpha value is -3.06. The highest BCUT2D eigenvalue weighted by Crippen LogP contribution is 2.36. The van der Waals surface area contributed by atoms with Crippen LogP contribution in [0.3, 0.4) is 0 Å². The lowest BCUT2D eigenvalue weighted by Crippen LogP contribution is -2.43. The number of hydrogen-bond donors (Lipinski definition) is 2. The van der Waals surface area contributed by atoms with E-state index in [4.69, 9.17) is 14.2 Å². The average molecular weight is 621 g/mol. The summed E-state index contributed by atoms with van der Waals surface area (Å²) in [5, 5.41) is 6.29. The van der Waals surface area contributed by atoms with E-state index < -0.39 is 0 Å². The number of benzene rings is 2. The van der Waals surface area contributed by atoms with E-state index in [-0.39, 0.29) is 35.5 Å². The number of carbonyl (C=O) groups excluding carboxylic acids is 2. The number of ether oxygens (including phenoxy) is 3. The standard InChI is InChI=1S/C38H56N2O5/c1-37(2,3)35(41)39-32-17-11-28(12-18-32)27-29-13-19-33(20-14-29)40-36(42)45-26-24-43-23-25-44-34-21-15-31(16-22-34)38(4,5)30-9-7-6-8-10-30/h6-10,15-16,21-22,28-29,32-33H,11-14,17-20,23-27H2,1-5H3,(H,39,41)(H,40,42). The predicted molar refractivity (Wildman–Crippen MR) is 180 cm³/mol. The Balaban J connectivity index is 1.01. The quantitative estimate of drug-likeness (QED) is 0.223. The van der Waals surface area contributed by atoms with Gasteiger partial charge in [0.1, 0.15) is 19.0 Å². The molecule has 0 spiro atoms. The molecule has 2 amide bonds. The van der Waals surface area contributed by atoms with Crippen LogP contribution in [-0.4, -0.2) is 50.5 Å². The second kappa shape index (κ2) is 16.5. The van der Waals surface area contributed by atoms with Crippen molar-refractivity contribution in [1.82, 2.24) is 10.6 Å². The van der Waals surface area contributed by atoms with Crippen molar-refractivity contribution < 1.29 is 23.8 Å². The maximum absolute atomic E-state index is 12.3. The Morgan fingerprint density at radius 2 is 1.20 bits per heavy atom. The summed E-state index contributed by atoms with van der Waals surface area (Å²) in [7, 11) is 0. The third kappa shape index (κ3) is 11.1. The molecule has 0 radical (unpaired) electrons. The van der Waals surface area contributed by atoms with Crippen LogP contribution in [0.15, 0.2) is 54.6 Å². The molecule has 0 aromatic heterocycles. The van der Waals surface area contributed by atoms with Gasteiger partial charge < -0.3 is 24.8 Å². The van der Waals surface area contributed by atoms with Crippen molar-refractivity contribution in [3.8, 4) is 5.75 Å². The van der Waals surface area contributed by atoms with Gasteiger partial charge >= 0.3 is 6.09 Å². The lowest BCUT2D eigenvalue weighted by atomic mass is 9.75. The first kappa shape index (κ1) is 34.8. The van der Waals surface area contributed by atoms with E-state index in [1.807, 2.05) is 39.0 Å². The van der Waals surface area contributed by atoms with Crippen LogP contribution in [0.2, 0.25) is 0 Å². The van der Waals surface area contributed by atoms with Crippen LogP contribution in [0, 0.1) is 17.3 Å². The van der Waals surface area contributed by atoms with E-state index in [9.17, 15) is 9.59 Å². The molecule has 2 aromatic carbocycles. The van der Waals surface area contributed by atoms with Crippen LogP contribution in [0.25, 0.3) is 0 Å². The first-order valence-corrected chi connectivity index (χ1v) is 17.1. The summed E-state index contributed by atoms with van der Waals surface area (Å²) in [4.78, 5) is 24.6. The summed E-state index contributed by atoms with van der Waals surface area (Å²) in [5.41, 5.74) is 2.11. The molecule has 0 heterocycles. The first-order chi connectivity index (χ1) is 21.5. The normalized spacial score (nSPS) is 22.3. The summed E-state index contributed by atoms with van der Waals surface area (Å²) in [6, 6.07) is 19.3. The average Bonchev–Trinajstić information content (AvgIpc) is 3.02. The van der Waals surface area contributed by atoms with Gasteiger partial charge in [-0.2, -0.15) is 0 Å². The van der Waals surface area contributed by atoms with Crippen LogP contribution in [-0.2, 0) is 19.7 Å². The summed E-state index contributed by atoms with van der Waals surface area (Å²) >= 11 is 0. The molecule has 2 N–H and O–H groups in total. The number of nitrogens with one attached hydrogen (secondary N) is 2. The lowest BCUT2D eigenvalue weighted by molar-refractivity contribution is -0.129. The third-order valence-corrected chi connectivity index (χ3v) is 9.73. The second-order valence-corrected chi connectivity index (χ2v) is 14.7. The molecule has 45 heavy (non-hydrogen) atoms. The molecule has 0 atom stereocenters. The maximum Gasteiger partial charge on any atom is 0.407 e. The number of carbonyl (C=O) groups is 2. The molecular weight excluding hydrogens is 564 g/mol. The van der Waals surface area contributed by atoms with Crippen molar-refractivity contribution in [2.75, 3.05) is 26.4 Å². The predicted octanol–water partition coefficient (Wildman–Crippen LogP) is 7.80. The van der Waals surface area contributed by atoms with Gasteiger partial charge in [-0.3, -0.25) is 4.79 Å². The van der Waals surface area contributed by atoms with Gasteiger partial charge in [0.25, 0.3) is 0 Å². The Labute approximate surface area is 271 Å². The topological polar surface area (TPSA) is 85.9 Å². The molecule has 2 saturated carbocycles. The molecule has 0 saturated heterocycles. The Morgan fingerprint density at radius 3 is 1.78 bits per heavy atom. The van der Waals surface area contributed by atoms with Crippen LogP contribution in [0.5, 0.6) is 5.75 Å². The zero-order valence-corrected chi connectivity index (χ0v) is 28.2. The monoisotopic (exact) mass is 620 g/mol. The lowest BCUT2D eigenvalue weighted by Gasteiger charge is -2.35. The first-order valence-electron chi connectivity index (χ1n) is 17.1. The van der Waals surface area contributed by atoms with E-state index in [0.717, 1.165) is 56.1 Å². The SMILES string of the molecule is CC(C)(C)C(=O)NC1CCC(CC2CCC(NC(=O)OCCOCCOc3ccc(C(C)(C)c4ccccc4)cc3)CC2)CC1. The van der Waals surface area contributed by atoms with Crippen molar-refractivity contribution in [2.45, 2.75) is 110 Å². The van der Waals surface area contributed by atoms with Crippen molar-refractivity contribution in [1.29, 1.82) is 0 Å². The number of alkyl carbamates (subject to hydrolysis) is 1. The van der Waals surface area contributed by atoms with Gasteiger partial charge in [-0.15, -0.1) is 0 Å². The van der Waals surface area contributed by atoms with Gasteiger partial charge in [0, 0.05) is 22.9 Å². The molecule has 7 heteroatoms. The molecular formula is C38H56N2O5. The van der Waals surface area contributed by atoms with Crippen LogP contribution < -0.4 is 15.4 Å². The number of hydrogen-bond acceptors (Lipinski definition) is 5. The van der Waals surface area contributed by atoms with E-state index in [1.165, 1.54) is 30.4 Å². The Kier molecular flexibility index (Phi) is 12.8. The molecule has 2 aromatic rings. The van der Waals surface area contributed by atoms with Gasteiger partial charge in [-0.25, -0.2) is 4.79 Å². The molecule has 2 aliphatic rings. The molecule has 2 aliphatic carbocycles. The van der Waals surface area contributed by atoms with Crippen LogP contribution in [0.4, 0.5) is 4.79 Å². The highest BCUT2D eigenvalue weighted by Gasteiger charge is 2.30. The minimum atomic E-state index is -0.354. The molecule has 7 nitrogen and oxygen atoms in total. The van der Waals surface area contributed by atoms with Gasteiger partial charge in [-0.05, 0) is 92.9 Å². The zero-order chi connectivity index (χ0) is 32.3. The maximum atomic E-state index is 12.3. The fourth-order valence-corrected chi connectivity index (χ4v) is 6.67. The molecule has 0 aliphatic heterocycles. The van der Waals surface area contributed by atoms with E-state index in [0.29, 0.717) is 25.9 Å². The Morgan fingerprint density at radius 1 is 0.667 bits per heavy atom. The molecule has 248 valence electrons. The van der Waals surface area contributed by atoms with E-state index >= 15 is 0 Å². The van der Waals surface area contributed by atoms with Crippen molar-refractivity contribution in [3.05, 3.63) is 65.7 Å². The van der Waals surface area contributed by atoms with Crippen molar-refractivity contribution in [3.63, 3.8) is 0 Å². The summed E-state index contributed by atoms with van der Waals surface area (Å²) in [6.45, 7) is 11.8. The van der Waals surface area contributed by atoms with Crippen molar-refractivity contribution in [2.24, 2.45) is 17.3 Å². The minimum Gasteiger partial charge on any atom is -0.491 e. The van der Waals surface area contributed by atoms with Gasteiger partial charge in [0.2, 0.25) is 5.91 Å². The molecule has 0 unspecified atom stereocenters. The number of amides is 2. The smallest absolute Gasteiger partial charge is 0.407 e. The molecule has 4 rings (SSSR count). The number of rotatable bonds is 13. The van der Waals surface area contributed by atoms with E-state index in [2.05, 4.69) is 60.9 Å². The fourth-order valence-electron chi connectivity index (χ4n) is 6.67. The van der Waals surface area contributed by atoms with Gasteiger partial charge in [0.05, 0.1) is 13.2 Å². The van der Waals surface area contributed by atoms with Crippen LogP contribution >= 0.6 is 0 Å².